The molecule has 0 spiro atoms. The third-order valence-electron chi connectivity index (χ3n) is 3.54. The Morgan fingerprint density at radius 2 is 2.16 bits per heavy atom. The SMILES string of the molecule is CC(O)[C@@](F)(COP=O)O[C@H](C)n1cnc2c(N(C)C)nc(N)nc21. The maximum Gasteiger partial charge on any atom is 0.327 e. The van der Waals surface area contributed by atoms with Gasteiger partial charge >= 0.3 is 8.69 Å². The lowest BCUT2D eigenvalue weighted by atomic mass is 10.2. The molecule has 25 heavy (non-hydrogen) atoms. The van der Waals surface area contributed by atoms with Crippen molar-refractivity contribution in [3.8, 4) is 0 Å². The van der Waals surface area contributed by atoms with Crippen LogP contribution in [-0.2, 0) is 13.8 Å². The minimum atomic E-state index is -2.57. The molecule has 0 bridgehead atoms. The second-order valence-electron chi connectivity index (χ2n) is 5.65. The number of halogens is 1. The smallest absolute Gasteiger partial charge is 0.327 e. The largest absolute Gasteiger partial charge is 0.387 e. The minimum Gasteiger partial charge on any atom is -0.387 e. The summed E-state index contributed by atoms with van der Waals surface area (Å²) in [5, 5.41) is 9.66. The number of aliphatic hydroxyl groups excluding tert-OH is 1. The first kappa shape index (κ1) is 19.4. The van der Waals surface area contributed by atoms with E-state index in [1.165, 1.54) is 17.8 Å². The van der Waals surface area contributed by atoms with Gasteiger partial charge < -0.3 is 20.5 Å². The van der Waals surface area contributed by atoms with Gasteiger partial charge in [0.05, 0.1) is 6.33 Å². The van der Waals surface area contributed by atoms with E-state index in [4.69, 9.17) is 10.5 Å². The van der Waals surface area contributed by atoms with Crippen molar-refractivity contribution in [2.45, 2.75) is 32.0 Å². The molecule has 2 aromatic rings. The zero-order valence-corrected chi connectivity index (χ0v) is 15.1. The van der Waals surface area contributed by atoms with E-state index < -0.39 is 33.5 Å². The molecule has 2 rings (SSSR count). The number of imidazole rings is 1. The van der Waals surface area contributed by atoms with E-state index in [9.17, 15) is 14.1 Å². The number of aliphatic hydroxyl groups is 1. The molecular formula is C13H20FN6O4P. The lowest BCUT2D eigenvalue weighted by Gasteiger charge is -2.30. The van der Waals surface area contributed by atoms with Gasteiger partial charge in [-0.25, -0.2) is 13.9 Å². The number of alkyl halides is 1. The van der Waals surface area contributed by atoms with Gasteiger partial charge in [0, 0.05) is 14.1 Å². The molecule has 1 unspecified atom stereocenters. The number of aromatic nitrogens is 4. The molecule has 0 radical (unpaired) electrons. The van der Waals surface area contributed by atoms with E-state index in [2.05, 4.69) is 19.5 Å². The number of fused-ring (bicyclic) bond motifs is 1. The molecule has 0 aliphatic carbocycles. The van der Waals surface area contributed by atoms with Gasteiger partial charge in [-0.2, -0.15) is 9.97 Å². The monoisotopic (exact) mass is 374 g/mol. The van der Waals surface area contributed by atoms with Crippen LogP contribution in [0, 0.1) is 0 Å². The van der Waals surface area contributed by atoms with Crippen LogP contribution in [0.1, 0.15) is 20.1 Å². The second kappa shape index (κ2) is 7.52. The Morgan fingerprint density at radius 3 is 2.72 bits per heavy atom. The summed E-state index contributed by atoms with van der Waals surface area (Å²) in [5.74, 6) is -2.04. The Balaban J connectivity index is 2.39. The average Bonchev–Trinajstić information content (AvgIpc) is 2.95. The number of hydrogen-bond acceptors (Lipinski definition) is 9. The van der Waals surface area contributed by atoms with Crippen molar-refractivity contribution >= 4 is 31.6 Å². The molecule has 12 heteroatoms. The predicted molar refractivity (Wildman–Crippen MR) is 88.9 cm³/mol. The first-order valence-corrected chi connectivity index (χ1v) is 8.09. The fourth-order valence-corrected chi connectivity index (χ4v) is 2.43. The van der Waals surface area contributed by atoms with Crippen LogP contribution in [0.15, 0.2) is 6.33 Å². The molecule has 3 atom stereocenters. The molecular weight excluding hydrogens is 354 g/mol. The number of hydrogen-bond donors (Lipinski definition) is 2. The highest BCUT2D eigenvalue weighted by atomic mass is 31.1. The molecule has 3 N–H and O–H groups in total. The lowest BCUT2D eigenvalue weighted by Crippen LogP contribution is -2.44. The summed E-state index contributed by atoms with van der Waals surface area (Å²) in [6, 6.07) is 0. The standard InChI is InChI=1S/C13H20FN6O4P/c1-7(21)13(14,5-23-25-22)24-8(2)20-6-16-9-10(19(3)4)17-12(15)18-11(9)20/h6-8,21H,5H2,1-4H3,(H2,15,17,18)/t7?,8-,13-/m1/s1. The highest BCUT2D eigenvalue weighted by molar-refractivity contribution is 7.17. The zero-order valence-electron chi connectivity index (χ0n) is 14.2. The van der Waals surface area contributed by atoms with E-state index >= 15 is 0 Å². The van der Waals surface area contributed by atoms with Crippen LogP contribution >= 0.6 is 8.69 Å². The summed E-state index contributed by atoms with van der Waals surface area (Å²) in [6.45, 7) is 2.03. The van der Waals surface area contributed by atoms with Gasteiger partial charge in [0.1, 0.15) is 18.9 Å². The third kappa shape index (κ3) is 4.01. The molecule has 0 saturated carbocycles. The number of rotatable bonds is 8. The third-order valence-corrected chi connectivity index (χ3v) is 3.77. The molecule has 10 nitrogen and oxygen atoms in total. The molecule has 138 valence electrons. The van der Waals surface area contributed by atoms with E-state index in [-0.39, 0.29) is 5.95 Å². The van der Waals surface area contributed by atoms with Crippen molar-refractivity contribution in [3.63, 3.8) is 0 Å². The van der Waals surface area contributed by atoms with Crippen LogP contribution in [0.3, 0.4) is 0 Å². The van der Waals surface area contributed by atoms with Gasteiger partial charge in [0.25, 0.3) is 5.85 Å². The molecule has 0 fully saturated rings. The number of nitrogens with two attached hydrogens (primary N) is 1. The van der Waals surface area contributed by atoms with Crippen LogP contribution < -0.4 is 10.6 Å². The highest BCUT2D eigenvalue weighted by Crippen LogP contribution is 2.30. The van der Waals surface area contributed by atoms with E-state index in [0.29, 0.717) is 17.0 Å². The van der Waals surface area contributed by atoms with E-state index in [1.54, 1.807) is 25.9 Å². The fourth-order valence-electron chi connectivity index (χ4n) is 2.20. The Kier molecular flexibility index (Phi) is 5.83. The summed E-state index contributed by atoms with van der Waals surface area (Å²) >= 11 is 0. The number of nitrogens with zero attached hydrogens (tertiary/aromatic N) is 5. The summed E-state index contributed by atoms with van der Waals surface area (Å²) in [7, 11) is 2.84. The van der Waals surface area contributed by atoms with Crippen molar-refractivity contribution in [2.75, 3.05) is 31.3 Å². The molecule has 0 saturated heterocycles. The minimum absolute atomic E-state index is 0.0284. The maximum atomic E-state index is 14.8. The maximum absolute atomic E-state index is 14.8. The van der Waals surface area contributed by atoms with Crippen LogP contribution in [0.2, 0.25) is 0 Å². The van der Waals surface area contributed by atoms with Gasteiger partial charge in [-0.05, 0) is 13.8 Å². The van der Waals surface area contributed by atoms with Crippen molar-refractivity contribution in [2.24, 2.45) is 0 Å². The molecule has 2 aromatic heterocycles. The van der Waals surface area contributed by atoms with Crippen molar-refractivity contribution in [3.05, 3.63) is 6.33 Å². The Labute approximate surface area is 145 Å². The van der Waals surface area contributed by atoms with Crippen LogP contribution in [-0.4, -0.2) is 57.3 Å². The zero-order chi connectivity index (χ0) is 18.8. The molecule has 0 aromatic carbocycles. The predicted octanol–water partition coefficient (Wildman–Crippen LogP) is 1.28. The van der Waals surface area contributed by atoms with E-state index in [1.807, 2.05) is 0 Å². The van der Waals surface area contributed by atoms with Gasteiger partial charge in [0.15, 0.2) is 17.0 Å². The fraction of sp³-hybridized carbons (Fsp3) is 0.615. The van der Waals surface area contributed by atoms with Crippen LogP contribution in [0.25, 0.3) is 11.2 Å². The van der Waals surface area contributed by atoms with Crippen molar-refractivity contribution in [1.29, 1.82) is 0 Å². The summed E-state index contributed by atoms with van der Waals surface area (Å²) in [4.78, 5) is 14.2. The van der Waals surface area contributed by atoms with Gasteiger partial charge in [-0.1, -0.05) is 0 Å². The average molecular weight is 374 g/mol. The summed E-state index contributed by atoms with van der Waals surface area (Å²) in [5.41, 5.74) is 6.54. The molecule has 2 heterocycles. The number of ether oxygens (including phenoxy) is 1. The Hall–Kier alpha value is -1.94. The molecule has 0 amide bonds. The highest BCUT2D eigenvalue weighted by Gasteiger charge is 2.40. The Morgan fingerprint density at radius 1 is 1.48 bits per heavy atom. The second-order valence-corrected chi connectivity index (χ2v) is 6.06. The number of anilines is 2. The molecule has 0 aliphatic heterocycles. The van der Waals surface area contributed by atoms with Gasteiger partial charge in [-0.3, -0.25) is 9.09 Å². The summed E-state index contributed by atoms with van der Waals surface area (Å²) < 4.78 is 36.5. The molecule has 0 aliphatic rings. The lowest BCUT2D eigenvalue weighted by molar-refractivity contribution is -0.252. The summed E-state index contributed by atoms with van der Waals surface area (Å²) in [6.07, 6.45) is -1.03. The van der Waals surface area contributed by atoms with Crippen LogP contribution in [0.4, 0.5) is 16.2 Å². The van der Waals surface area contributed by atoms with E-state index in [0.717, 1.165) is 0 Å². The van der Waals surface area contributed by atoms with Crippen molar-refractivity contribution < 1.29 is 23.3 Å². The number of nitrogen functional groups attached to an aromatic ring is 1. The van der Waals surface area contributed by atoms with Gasteiger partial charge in [-0.15, -0.1) is 0 Å². The van der Waals surface area contributed by atoms with Gasteiger partial charge in [0.2, 0.25) is 5.95 Å². The first-order chi connectivity index (χ1) is 11.7. The van der Waals surface area contributed by atoms with Crippen LogP contribution in [0.5, 0.6) is 0 Å². The van der Waals surface area contributed by atoms with Crippen molar-refractivity contribution in [1.82, 2.24) is 19.5 Å². The Bertz CT molecular complexity index is 757. The first-order valence-electron chi connectivity index (χ1n) is 7.36. The topological polar surface area (TPSA) is 129 Å². The quantitative estimate of drug-likeness (QED) is 0.656. The normalized spacial score (nSPS) is 16.7.